The van der Waals surface area contributed by atoms with Crippen LogP contribution in [-0.2, 0) is 0 Å². The van der Waals surface area contributed by atoms with E-state index in [2.05, 4.69) is 5.32 Å². The van der Waals surface area contributed by atoms with Crippen LogP contribution in [0.2, 0.25) is 0 Å². The lowest BCUT2D eigenvalue weighted by molar-refractivity contribution is 0.0698. The van der Waals surface area contributed by atoms with E-state index in [0.29, 0.717) is 11.3 Å². The standard InChI is InChI=1S/C14H11IN2O3/c15-11-4-2-1-3-9(11)13(18)17-12-6-5-8(16)7-10(12)14(19)20/h1-7H,16H2,(H,17,18)(H,19,20). The highest BCUT2D eigenvalue weighted by molar-refractivity contribution is 14.1. The van der Waals surface area contributed by atoms with Crippen LogP contribution in [0.25, 0.3) is 0 Å². The maximum absolute atomic E-state index is 12.2. The number of rotatable bonds is 3. The van der Waals surface area contributed by atoms with Crippen LogP contribution < -0.4 is 11.1 Å². The first kappa shape index (κ1) is 14.3. The Morgan fingerprint density at radius 3 is 2.45 bits per heavy atom. The van der Waals surface area contributed by atoms with Crippen LogP contribution in [0.1, 0.15) is 20.7 Å². The first-order valence-corrected chi connectivity index (χ1v) is 6.75. The molecule has 20 heavy (non-hydrogen) atoms. The highest BCUT2D eigenvalue weighted by Crippen LogP contribution is 2.21. The minimum Gasteiger partial charge on any atom is -0.478 e. The summed E-state index contributed by atoms with van der Waals surface area (Å²) in [6.45, 7) is 0. The molecule has 102 valence electrons. The number of nitrogens with one attached hydrogen (secondary N) is 1. The fourth-order valence-corrected chi connectivity index (χ4v) is 2.32. The molecule has 0 saturated carbocycles. The second-order valence-corrected chi connectivity index (χ2v) is 5.21. The monoisotopic (exact) mass is 382 g/mol. The van der Waals surface area contributed by atoms with E-state index in [4.69, 9.17) is 10.8 Å². The zero-order chi connectivity index (χ0) is 14.7. The molecule has 0 aliphatic heterocycles. The highest BCUT2D eigenvalue weighted by atomic mass is 127. The number of hydrogen-bond donors (Lipinski definition) is 3. The summed E-state index contributed by atoms with van der Waals surface area (Å²) in [7, 11) is 0. The Labute approximate surface area is 128 Å². The minimum atomic E-state index is -1.14. The van der Waals surface area contributed by atoms with Crippen molar-refractivity contribution in [2.45, 2.75) is 0 Å². The van der Waals surface area contributed by atoms with E-state index in [9.17, 15) is 9.59 Å². The number of carboxylic acids is 1. The quantitative estimate of drug-likeness (QED) is 0.562. The number of aromatic carboxylic acids is 1. The molecule has 0 heterocycles. The molecular formula is C14H11IN2O3. The van der Waals surface area contributed by atoms with Gasteiger partial charge >= 0.3 is 5.97 Å². The van der Waals surface area contributed by atoms with Gasteiger partial charge in [-0.2, -0.15) is 0 Å². The van der Waals surface area contributed by atoms with Gasteiger partial charge in [0.15, 0.2) is 0 Å². The highest BCUT2D eigenvalue weighted by Gasteiger charge is 2.15. The molecule has 0 fully saturated rings. The average Bonchev–Trinajstić information content (AvgIpc) is 2.41. The van der Waals surface area contributed by atoms with Crippen molar-refractivity contribution in [2.75, 3.05) is 11.1 Å². The number of nitrogens with two attached hydrogens (primary N) is 1. The van der Waals surface area contributed by atoms with Crippen molar-refractivity contribution in [3.8, 4) is 0 Å². The predicted molar refractivity (Wildman–Crippen MR) is 84.9 cm³/mol. The van der Waals surface area contributed by atoms with Crippen LogP contribution in [0, 0.1) is 3.57 Å². The summed E-state index contributed by atoms with van der Waals surface area (Å²) in [5.74, 6) is -1.50. The number of carboxylic acid groups (broad SMARTS) is 1. The molecule has 2 aromatic carbocycles. The minimum absolute atomic E-state index is 0.0377. The second-order valence-electron chi connectivity index (χ2n) is 4.04. The fraction of sp³-hybridized carbons (Fsp3) is 0. The molecule has 2 rings (SSSR count). The number of amides is 1. The second kappa shape index (κ2) is 5.91. The number of hydrogen-bond acceptors (Lipinski definition) is 3. The van der Waals surface area contributed by atoms with Gasteiger partial charge in [-0.15, -0.1) is 0 Å². The van der Waals surface area contributed by atoms with Crippen molar-refractivity contribution in [3.05, 3.63) is 57.2 Å². The molecule has 1 amide bonds. The molecule has 0 bridgehead atoms. The van der Waals surface area contributed by atoms with Crippen molar-refractivity contribution >= 4 is 45.8 Å². The summed E-state index contributed by atoms with van der Waals surface area (Å²) in [4.78, 5) is 23.3. The lowest BCUT2D eigenvalue weighted by Crippen LogP contribution is -2.16. The zero-order valence-corrected chi connectivity index (χ0v) is 12.4. The topological polar surface area (TPSA) is 92.4 Å². The molecule has 4 N–H and O–H groups in total. The molecule has 0 radical (unpaired) electrons. The van der Waals surface area contributed by atoms with E-state index in [0.717, 1.165) is 3.57 Å². The molecule has 0 spiro atoms. The number of nitrogen functional groups attached to an aromatic ring is 1. The van der Waals surface area contributed by atoms with Gasteiger partial charge in [-0.25, -0.2) is 4.79 Å². The summed E-state index contributed by atoms with van der Waals surface area (Å²) in [6.07, 6.45) is 0. The van der Waals surface area contributed by atoms with Crippen molar-refractivity contribution in [2.24, 2.45) is 0 Å². The molecular weight excluding hydrogens is 371 g/mol. The Balaban J connectivity index is 2.33. The normalized spacial score (nSPS) is 10.1. The van der Waals surface area contributed by atoms with Gasteiger partial charge in [-0.1, -0.05) is 12.1 Å². The largest absolute Gasteiger partial charge is 0.478 e. The van der Waals surface area contributed by atoms with Gasteiger partial charge in [0.05, 0.1) is 16.8 Å². The van der Waals surface area contributed by atoms with E-state index >= 15 is 0 Å². The van der Waals surface area contributed by atoms with Crippen molar-refractivity contribution in [3.63, 3.8) is 0 Å². The molecule has 6 heteroatoms. The maximum atomic E-state index is 12.2. The molecule has 5 nitrogen and oxygen atoms in total. The van der Waals surface area contributed by atoms with Crippen LogP contribution in [0.15, 0.2) is 42.5 Å². The van der Waals surface area contributed by atoms with Gasteiger partial charge in [0.25, 0.3) is 5.91 Å². The van der Waals surface area contributed by atoms with E-state index < -0.39 is 5.97 Å². The van der Waals surface area contributed by atoms with Crippen molar-refractivity contribution in [1.82, 2.24) is 0 Å². The Hall–Kier alpha value is -2.09. The van der Waals surface area contributed by atoms with Gasteiger partial charge in [-0.3, -0.25) is 4.79 Å². The third-order valence-corrected chi connectivity index (χ3v) is 3.58. The van der Waals surface area contributed by atoms with E-state index in [1.54, 1.807) is 18.2 Å². The Kier molecular flexibility index (Phi) is 4.23. The first-order chi connectivity index (χ1) is 9.49. The predicted octanol–water partition coefficient (Wildman–Crippen LogP) is 2.82. The summed E-state index contributed by atoms with van der Waals surface area (Å²) in [5.41, 5.74) is 6.55. The van der Waals surface area contributed by atoms with Gasteiger partial charge in [-0.05, 0) is 52.9 Å². The zero-order valence-electron chi connectivity index (χ0n) is 10.3. The molecule has 0 aromatic heterocycles. The molecule has 2 aromatic rings. The SMILES string of the molecule is Nc1ccc(NC(=O)c2ccccc2I)c(C(=O)O)c1. The lowest BCUT2D eigenvalue weighted by Gasteiger charge is -2.10. The van der Waals surface area contributed by atoms with Crippen LogP contribution in [0.5, 0.6) is 0 Å². The van der Waals surface area contributed by atoms with E-state index in [1.807, 2.05) is 28.7 Å². The third-order valence-electron chi connectivity index (χ3n) is 2.64. The number of anilines is 2. The van der Waals surface area contributed by atoms with Crippen molar-refractivity contribution in [1.29, 1.82) is 0 Å². The summed E-state index contributed by atoms with van der Waals surface area (Å²) < 4.78 is 0.787. The number of halogens is 1. The summed E-state index contributed by atoms with van der Waals surface area (Å²) >= 11 is 2.05. The van der Waals surface area contributed by atoms with Crippen molar-refractivity contribution < 1.29 is 14.7 Å². The lowest BCUT2D eigenvalue weighted by atomic mass is 10.1. The van der Waals surface area contributed by atoms with E-state index in [-0.39, 0.29) is 17.2 Å². The summed E-state index contributed by atoms with van der Waals surface area (Å²) in [5, 5.41) is 11.7. The smallest absolute Gasteiger partial charge is 0.337 e. The van der Waals surface area contributed by atoms with E-state index in [1.165, 1.54) is 18.2 Å². The molecule has 0 aliphatic carbocycles. The molecule has 0 atom stereocenters. The number of carbonyl (C=O) groups is 2. The van der Waals surface area contributed by atoms with Gasteiger partial charge in [0.1, 0.15) is 0 Å². The number of benzene rings is 2. The Morgan fingerprint density at radius 1 is 1.10 bits per heavy atom. The van der Waals surface area contributed by atoms with Crippen LogP contribution in [-0.4, -0.2) is 17.0 Å². The number of carbonyl (C=O) groups excluding carboxylic acids is 1. The van der Waals surface area contributed by atoms with Crippen LogP contribution in [0.4, 0.5) is 11.4 Å². The van der Waals surface area contributed by atoms with Gasteiger partial charge in [0.2, 0.25) is 0 Å². The Morgan fingerprint density at radius 2 is 1.80 bits per heavy atom. The first-order valence-electron chi connectivity index (χ1n) is 5.67. The summed E-state index contributed by atoms with van der Waals surface area (Å²) in [6, 6.07) is 11.4. The fourth-order valence-electron chi connectivity index (χ4n) is 1.68. The molecule has 0 aliphatic rings. The van der Waals surface area contributed by atoms with Crippen LogP contribution in [0.3, 0.4) is 0 Å². The maximum Gasteiger partial charge on any atom is 0.337 e. The van der Waals surface area contributed by atoms with Gasteiger partial charge < -0.3 is 16.2 Å². The molecule has 0 saturated heterocycles. The Bertz CT molecular complexity index is 686. The third kappa shape index (κ3) is 3.08. The molecule has 0 unspecified atom stereocenters. The van der Waals surface area contributed by atoms with Gasteiger partial charge in [0, 0.05) is 9.26 Å². The van der Waals surface area contributed by atoms with Crippen LogP contribution >= 0.6 is 22.6 Å². The average molecular weight is 382 g/mol.